The maximum atomic E-state index is 8.90. The number of aliphatic hydroxyl groups excluding tert-OH is 1. The first kappa shape index (κ1) is 20.2. The first-order valence-corrected chi connectivity index (χ1v) is 9.94. The molecular formula is C21H34O4. The molecule has 1 unspecified atom stereocenters. The molecule has 1 saturated heterocycles. The summed E-state index contributed by atoms with van der Waals surface area (Å²) in [5.74, 6) is 0.941. The minimum Gasteiger partial charge on any atom is -0.494 e. The molecule has 1 atom stereocenters. The Hall–Kier alpha value is -1.10. The lowest BCUT2D eigenvalue weighted by Crippen LogP contribution is -2.22. The highest BCUT2D eigenvalue weighted by molar-refractivity contribution is 5.28. The molecule has 1 N–H and O–H groups in total. The second kappa shape index (κ2) is 13.2. The van der Waals surface area contributed by atoms with Crippen LogP contribution in [0.4, 0.5) is 0 Å². The standard InChI is InChI=1S/C21H34O4/c22-14-9-11-19-10-8-12-20(18-19)23-15-5-2-1-3-6-16-24-21-13-4-7-17-25-21/h8,10,12,18,21-22H,1-7,9,11,13-17H2. The Labute approximate surface area is 152 Å². The Kier molecular flexibility index (Phi) is 10.6. The van der Waals surface area contributed by atoms with E-state index in [1.165, 1.54) is 37.7 Å². The average molecular weight is 350 g/mol. The van der Waals surface area contributed by atoms with Gasteiger partial charge in [0.25, 0.3) is 0 Å². The van der Waals surface area contributed by atoms with Crippen molar-refractivity contribution in [3.63, 3.8) is 0 Å². The Balaban J connectivity index is 1.42. The van der Waals surface area contributed by atoms with Crippen LogP contribution in [0.3, 0.4) is 0 Å². The molecule has 1 heterocycles. The van der Waals surface area contributed by atoms with Crippen LogP contribution < -0.4 is 4.74 Å². The maximum absolute atomic E-state index is 8.90. The molecule has 4 nitrogen and oxygen atoms in total. The first-order chi connectivity index (χ1) is 12.4. The lowest BCUT2D eigenvalue weighted by atomic mass is 10.1. The fourth-order valence-electron chi connectivity index (χ4n) is 3.06. The van der Waals surface area contributed by atoms with Crippen LogP contribution in [0.5, 0.6) is 5.75 Å². The molecule has 1 aromatic carbocycles. The van der Waals surface area contributed by atoms with E-state index in [1.807, 2.05) is 12.1 Å². The highest BCUT2D eigenvalue weighted by atomic mass is 16.7. The van der Waals surface area contributed by atoms with E-state index in [9.17, 15) is 0 Å². The van der Waals surface area contributed by atoms with Gasteiger partial charge < -0.3 is 19.3 Å². The third kappa shape index (κ3) is 9.24. The van der Waals surface area contributed by atoms with E-state index in [0.29, 0.717) is 0 Å². The van der Waals surface area contributed by atoms with Crippen molar-refractivity contribution < 1.29 is 19.3 Å². The maximum Gasteiger partial charge on any atom is 0.157 e. The molecule has 1 aliphatic heterocycles. The number of unbranched alkanes of at least 4 members (excludes halogenated alkanes) is 4. The summed E-state index contributed by atoms with van der Waals surface area (Å²) >= 11 is 0. The van der Waals surface area contributed by atoms with Crippen molar-refractivity contribution in [3.8, 4) is 5.75 Å². The van der Waals surface area contributed by atoms with Crippen LogP contribution >= 0.6 is 0 Å². The predicted molar refractivity (Wildman–Crippen MR) is 100.0 cm³/mol. The quantitative estimate of drug-likeness (QED) is 0.533. The third-order valence-electron chi connectivity index (χ3n) is 4.52. The Bertz CT molecular complexity index is 443. The zero-order valence-electron chi connectivity index (χ0n) is 15.5. The summed E-state index contributed by atoms with van der Waals surface area (Å²) in [6.07, 6.45) is 11.1. The number of hydrogen-bond acceptors (Lipinski definition) is 4. The predicted octanol–water partition coefficient (Wildman–Crippen LogP) is 4.48. The van der Waals surface area contributed by atoms with E-state index in [0.717, 1.165) is 57.7 Å². The fourth-order valence-corrected chi connectivity index (χ4v) is 3.06. The topological polar surface area (TPSA) is 47.9 Å². The summed E-state index contributed by atoms with van der Waals surface area (Å²) in [6.45, 7) is 2.69. The molecule has 2 rings (SSSR count). The van der Waals surface area contributed by atoms with Gasteiger partial charge in [0.15, 0.2) is 6.29 Å². The lowest BCUT2D eigenvalue weighted by Gasteiger charge is -2.22. The van der Waals surface area contributed by atoms with E-state index < -0.39 is 0 Å². The number of ether oxygens (including phenoxy) is 3. The normalized spacial score (nSPS) is 17.6. The number of aliphatic hydroxyl groups is 1. The van der Waals surface area contributed by atoms with Gasteiger partial charge >= 0.3 is 0 Å². The van der Waals surface area contributed by atoms with E-state index in [4.69, 9.17) is 19.3 Å². The molecular weight excluding hydrogens is 316 g/mol. The molecule has 0 aliphatic carbocycles. The van der Waals surface area contributed by atoms with Crippen molar-refractivity contribution in [2.45, 2.75) is 70.5 Å². The van der Waals surface area contributed by atoms with E-state index in [1.54, 1.807) is 0 Å². The molecule has 142 valence electrons. The van der Waals surface area contributed by atoms with E-state index in [-0.39, 0.29) is 12.9 Å². The van der Waals surface area contributed by atoms with Crippen molar-refractivity contribution in [2.75, 3.05) is 26.4 Å². The van der Waals surface area contributed by atoms with Gasteiger partial charge in [-0.25, -0.2) is 0 Å². The monoisotopic (exact) mass is 350 g/mol. The fraction of sp³-hybridized carbons (Fsp3) is 0.714. The molecule has 0 spiro atoms. The molecule has 0 bridgehead atoms. The van der Waals surface area contributed by atoms with Crippen LogP contribution in [-0.4, -0.2) is 37.8 Å². The second-order valence-electron chi connectivity index (χ2n) is 6.76. The van der Waals surface area contributed by atoms with Gasteiger partial charge in [-0.05, 0) is 62.6 Å². The smallest absolute Gasteiger partial charge is 0.157 e. The Morgan fingerprint density at radius 3 is 2.64 bits per heavy atom. The van der Waals surface area contributed by atoms with Crippen LogP contribution in [-0.2, 0) is 15.9 Å². The van der Waals surface area contributed by atoms with Crippen molar-refractivity contribution in [1.82, 2.24) is 0 Å². The molecule has 1 fully saturated rings. The highest BCUT2D eigenvalue weighted by Gasteiger charge is 2.13. The van der Waals surface area contributed by atoms with E-state index in [2.05, 4.69) is 12.1 Å². The van der Waals surface area contributed by atoms with Crippen LogP contribution in [0, 0.1) is 0 Å². The van der Waals surface area contributed by atoms with Crippen LogP contribution in [0.25, 0.3) is 0 Å². The van der Waals surface area contributed by atoms with E-state index >= 15 is 0 Å². The van der Waals surface area contributed by atoms with Gasteiger partial charge in [-0.1, -0.05) is 31.4 Å². The number of hydrogen-bond donors (Lipinski definition) is 1. The van der Waals surface area contributed by atoms with Crippen molar-refractivity contribution >= 4 is 0 Å². The number of aryl methyl sites for hydroxylation is 1. The lowest BCUT2D eigenvalue weighted by molar-refractivity contribution is -0.162. The average Bonchev–Trinajstić information content (AvgIpc) is 2.66. The largest absolute Gasteiger partial charge is 0.494 e. The molecule has 25 heavy (non-hydrogen) atoms. The zero-order chi connectivity index (χ0) is 17.6. The minimum atomic E-state index is 0.0512. The van der Waals surface area contributed by atoms with Crippen molar-refractivity contribution in [1.29, 1.82) is 0 Å². The Morgan fingerprint density at radius 2 is 1.84 bits per heavy atom. The number of rotatable bonds is 13. The van der Waals surface area contributed by atoms with Gasteiger partial charge in [-0.3, -0.25) is 0 Å². The second-order valence-corrected chi connectivity index (χ2v) is 6.76. The SMILES string of the molecule is OCCCc1cccc(OCCCCCCCOC2CCCCO2)c1. The molecule has 1 aliphatic rings. The molecule has 0 radical (unpaired) electrons. The molecule has 0 saturated carbocycles. The van der Waals surface area contributed by atoms with Crippen molar-refractivity contribution in [3.05, 3.63) is 29.8 Å². The van der Waals surface area contributed by atoms with Crippen LogP contribution in [0.15, 0.2) is 24.3 Å². The first-order valence-electron chi connectivity index (χ1n) is 9.94. The van der Waals surface area contributed by atoms with Crippen molar-refractivity contribution in [2.24, 2.45) is 0 Å². The van der Waals surface area contributed by atoms with Gasteiger partial charge in [-0.2, -0.15) is 0 Å². The summed E-state index contributed by atoms with van der Waals surface area (Å²) < 4.78 is 17.1. The molecule has 0 aromatic heterocycles. The van der Waals surface area contributed by atoms with Gasteiger partial charge in [0.2, 0.25) is 0 Å². The summed E-state index contributed by atoms with van der Waals surface area (Å²) in [5.41, 5.74) is 1.23. The Morgan fingerprint density at radius 1 is 1.00 bits per heavy atom. The van der Waals surface area contributed by atoms with Gasteiger partial charge in [0.05, 0.1) is 6.61 Å². The molecule has 0 amide bonds. The third-order valence-corrected chi connectivity index (χ3v) is 4.52. The van der Waals surface area contributed by atoms with Gasteiger partial charge in [0, 0.05) is 19.8 Å². The van der Waals surface area contributed by atoms with Crippen LogP contribution in [0.1, 0.15) is 63.4 Å². The minimum absolute atomic E-state index is 0.0512. The number of benzene rings is 1. The molecule has 1 aromatic rings. The van der Waals surface area contributed by atoms with Crippen LogP contribution in [0.2, 0.25) is 0 Å². The summed E-state index contributed by atoms with van der Waals surface area (Å²) in [7, 11) is 0. The summed E-state index contributed by atoms with van der Waals surface area (Å²) in [5, 5.41) is 8.90. The van der Waals surface area contributed by atoms with Gasteiger partial charge in [-0.15, -0.1) is 0 Å². The summed E-state index contributed by atoms with van der Waals surface area (Å²) in [4.78, 5) is 0. The highest BCUT2D eigenvalue weighted by Crippen LogP contribution is 2.16. The summed E-state index contributed by atoms with van der Waals surface area (Å²) in [6, 6.07) is 8.20. The zero-order valence-corrected chi connectivity index (χ0v) is 15.5. The van der Waals surface area contributed by atoms with Gasteiger partial charge in [0.1, 0.15) is 5.75 Å². The molecule has 4 heteroatoms.